The lowest BCUT2D eigenvalue weighted by Crippen LogP contribution is -2.38. The molecular weight excluding hydrogens is 210 g/mol. The number of hydrogen-bond acceptors (Lipinski definition) is 3. The van der Waals surface area contributed by atoms with Crippen molar-refractivity contribution < 1.29 is 0 Å². The molecule has 1 aromatic heterocycles. The van der Waals surface area contributed by atoms with Gasteiger partial charge in [0, 0.05) is 37.6 Å². The molecule has 0 amide bonds. The maximum Gasteiger partial charge on any atom is 0.0315 e. The van der Waals surface area contributed by atoms with E-state index in [1.54, 1.807) is 0 Å². The monoisotopic (exact) mass is 231 g/mol. The van der Waals surface area contributed by atoms with Crippen LogP contribution in [0.4, 0.5) is 0 Å². The molecule has 0 spiro atoms. The van der Waals surface area contributed by atoms with Gasteiger partial charge in [-0.2, -0.15) is 0 Å². The highest BCUT2D eigenvalue weighted by Gasteiger charge is 2.35. The minimum absolute atomic E-state index is 0.738. The Morgan fingerprint density at radius 1 is 1.35 bits per heavy atom. The van der Waals surface area contributed by atoms with E-state index in [4.69, 9.17) is 0 Å². The predicted molar refractivity (Wildman–Crippen MR) is 68.8 cm³/mol. The molecule has 17 heavy (non-hydrogen) atoms. The van der Waals surface area contributed by atoms with Gasteiger partial charge in [-0.05, 0) is 49.9 Å². The summed E-state index contributed by atoms with van der Waals surface area (Å²) in [5, 5.41) is 3.48. The van der Waals surface area contributed by atoms with Crippen LogP contribution >= 0.6 is 0 Å². The van der Waals surface area contributed by atoms with Crippen LogP contribution in [-0.4, -0.2) is 35.1 Å². The van der Waals surface area contributed by atoms with Crippen molar-refractivity contribution in [2.45, 2.75) is 44.8 Å². The highest BCUT2D eigenvalue weighted by Crippen LogP contribution is 2.31. The van der Waals surface area contributed by atoms with Gasteiger partial charge in [-0.1, -0.05) is 0 Å². The number of nitrogens with one attached hydrogen (secondary N) is 1. The molecular formula is C14H21N3. The molecule has 3 nitrogen and oxygen atoms in total. The van der Waals surface area contributed by atoms with Gasteiger partial charge in [0.15, 0.2) is 0 Å². The molecule has 1 N–H and O–H groups in total. The molecule has 1 aliphatic heterocycles. The first-order chi connectivity index (χ1) is 8.34. The average molecular weight is 231 g/mol. The average Bonchev–Trinajstić information content (AvgIpc) is 3.03. The van der Waals surface area contributed by atoms with Crippen LogP contribution in [0.15, 0.2) is 18.5 Å². The van der Waals surface area contributed by atoms with Gasteiger partial charge in [-0.15, -0.1) is 0 Å². The van der Waals surface area contributed by atoms with Crippen LogP contribution in [0.5, 0.6) is 0 Å². The molecule has 2 aliphatic rings. The van der Waals surface area contributed by atoms with Crippen molar-refractivity contribution in [1.29, 1.82) is 0 Å². The number of nitrogens with zero attached hydrogens (tertiary/aromatic N) is 2. The van der Waals surface area contributed by atoms with Gasteiger partial charge in [0.25, 0.3) is 0 Å². The van der Waals surface area contributed by atoms with Crippen LogP contribution in [-0.2, 0) is 6.54 Å². The quantitative estimate of drug-likeness (QED) is 0.855. The fourth-order valence-corrected chi connectivity index (χ4v) is 2.74. The van der Waals surface area contributed by atoms with Gasteiger partial charge in [-0.3, -0.25) is 9.88 Å². The van der Waals surface area contributed by atoms with Gasteiger partial charge in [0.1, 0.15) is 0 Å². The number of aryl methyl sites for hydroxylation is 1. The Labute approximate surface area is 103 Å². The lowest BCUT2D eigenvalue weighted by molar-refractivity contribution is 0.188. The molecule has 92 valence electrons. The van der Waals surface area contributed by atoms with E-state index in [0.29, 0.717) is 0 Å². The molecule has 0 radical (unpaired) electrons. The number of hydrogen-bond donors (Lipinski definition) is 1. The van der Waals surface area contributed by atoms with Gasteiger partial charge in [0.05, 0.1) is 0 Å². The van der Waals surface area contributed by atoms with Crippen LogP contribution < -0.4 is 5.32 Å². The van der Waals surface area contributed by atoms with Crippen LogP contribution in [0.1, 0.15) is 30.4 Å². The van der Waals surface area contributed by atoms with Crippen LogP contribution in [0.2, 0.25) is 0 Å². The van der Waals surface area contributed by atoms with E-state index in [1.165, 1.54) is 36.9 Å². The summed E-state index contributed by atoms with van der Waals surface area (Å²) in [6.07, 6.45) is 7.99. The van der Waals surface area contributed by atoms with Gasteiger partial charge in [-0.25, -0.2) is 0 Å². The first-order valence-corrected chi connectivity index (χ1v) is 6.70. The summed E-state index contributed by atoms with van der Waals surface area (Å²) in [6.45, 7) is 5.61. The summed E-state index contributed by atoms with van der Waals surface area (Å²) in [7, 11) is 0. The predicted octanol–water partition coefficient (Wildman–Crippen LogP) is 1.72. The van der Waals surface area contributed by atoms with Crippen molar-refractivity contribution in [1.82, 2.24) is 15.2 Å². The Morgan fingerprint density at radius 2 is 2.24 bits per heavy atom. The molecule has 1 aliphatic carbocycles. The highest BCUT2D eigenvalue weighted by molar-refractivity contribution is 5.21. The van der Waals surface area contributed by atoms with E-state index >= 15 is 0 Å². The van der Waals surface area contributed by atoms with E-state index in [1.807, 2.05) is 12.4 Å². The summed E-state index contributed by atoms with van der Waals surface area (Å²) in [4.78, 5) is 6.96. The molecule has 3 heteroatoms. The minimum Gasteiger partial charge on any atom is -0.315 e. The standard InChI is InChI=1S/C14H21N3/c1-11-4-6-15-8-12(11)10-17(13-2-3-13)14-5-7-16-9-14/h4,6,8,13-14,16H,2-3,5,7,9-10H2,1H3. The molecule has 0 aromatic carbocycles. The van der Waals surface area contributed by atoms with Crippen molar-refractivity contribution in [2.75, 3.05) is 13.1 Å². The molecule has 2 fully saturated rings. The third kappa shape index (κ3) is 2.50. The van der Waals surface area contributed by atoms with Crippen LogP contribution in [0, 0.1) is 6.92 Å². The van der Waals surface area contributed by atoms with Crippen molar-refractivity contribution in [2.24, 2.45) is 0 Å². The second-order valence-electron chi connectivity index (χ2n) is 5.35. The van der Waals surface area contributed by atoms with E-state index in [9.17, 15) is 0 Å². The third-order valence-corrected chi connectivity index (χ3v) is 4.02. The Bertz CT molecular complexity index is 381. The van der Waals surface area contributed by atoms with Crippen LogP contribution in [0.3, 0.4) is 0 Å². The number of aromatic nitrogens is 1. The van der Waals surface area contributed by atoms with E-state index in [-0.39, 0.29) is 0 Å². The molecule has 2 heterocycles. The largest absolute Gasteiger partial charge is 0.315 e. The Kier molecular flexibility index (Phi) is 3.12. The summed E-state index contributed by atoms with van der Waals surface area (Å²) in [6, 6.07) is 3.69. The summed E-state index contributed by atoms with van der Waals surface area (Å²) in [5.41, 5.74) is 2.77. The molecule has 1 saturated carbocycles. The first-order valence-electron chi connectivity index (χ1n) is 6.70. The first kappa shape index (κ1) is 11.2. The van der Waals surface area contributed by atoms with Gasteiger partial charge in [0.2, 0.25) is 0 Å². The Morgan fingerprint density at radius 3 is 2.88 bits per heavy atom. The maximum atomic E-state index is 4.26. The molecule has 1 atom stereocenters. The Hall–Kier alpha value is -0.930. The lowest BCUT2D eigenvalue weighted by atomic mass is 10.1. The minimum atomic E-state index is 0.738. The van der Waals surface area contributed by atoms with Crippen molar-refractivity contribution in [3.8, 4) is 0 Å². The van der Waals surface area contributed by atoms with Gasteiger partial charge < -0.3 is 5.32 Å². The zero-order chi connectivity index (χ0) is 11.7. The topological polar surface area (TPSA) is 28.2 Å². The van der Waals surface area contributed by atoms with Crippen LogP contribution in [0.25, 0.3) is 0 Å². The summed E-state index contributed by atoms with van der Waals surface area (Å²) >= 11 is 0. The second-order valence-corrected chi connectivity index (χ2v) is 5.35. The van der Waals surface area contributed by atoms with E-state index in [0.717, 1.165) is 25.2 Å². The van der Waals surface area contributed by atoms with E-state index in [2.05, 4.69) is 28.2 Å². The lowest BCUT2D eigenvalue weighted by Gasteiger charge is -2.28. The number of pyridine rings is 1. The van der Waals surface area contributed by atoms with Crippen molar-refractivity contribution >= 4 is 0 Å². The fraction of sp³-hybridized carbons (Fsp3) is 0.643. The molecule has 1 saturated heterocycles. The molecule has 3 rings (SSSR count). The fourth-order valence-electron chi connectivity index (χ4n) is 2.74. The zero-order valence-corrected chi connectivity index (χ0v) is 10.5. The maximum absolute atomic E-state index is 4.26. The highest BCUT2D eigenvalue weighted by atomic mass is 15.2. The Balaban J connectivity index is 1.74. The number of rotatable bonds is 4. The van der Waals surface area contributed by atoms with Crippen molar-refractivity contribution in [3.63, 3.8) is 0 Å². The van der Waals surface area contributed by atoms with Crippen molar-refractivity contribution in [3.05, 3.63) is 29.6 Å². The molecule has 0 bridgehead atoms. The zero-order valence-electron chi connectivity index (χ0n) is 10.5. The third-order valence-electron chi connectivity index (χ3n) is 4.02. The molecule has 1 unspecified atom stereocenters. The smallest absolute Gasteiger partial charge is 0.0315 e. The summed E-state index contributed by atoms with van der Waals surface area (Å²) < 4.78 is 0. The van der Waals surface area contributed by atoms with E-state index < -0.39 is 0 Å². The van der Waals surface area contributed by atoms with Gasteiger partial charge >= 0.3 is 0 Å². The normalized spacial score (nSPS) is 24.5. The molecule has 1 aromatic rings. The SMILES string of the molecule is Cc1ccncc1CN(C1CC1)C1CCNC1. The summed E-state index contributed by atoms with van der Waals surface area (Å²) in [5.74, 6) is 0. The second kappa shape index (κ2) is 4.75.